The molecule has 4 aliphatic heterocycles. The molecule has 1 unspecified atom stereocenters. The Morgan fingerprint density at radius 2 is 0.533 bits per heavy atom. The van der Waals surface area contributed by atoms with Gasteiger partial charge in [-0.05, 0) is 19.8 Å². The fourth-order valence-corrected chi connectivity index (χ4v) is 14.9. The number of amides is 3. The first-order chi connectivity index (χ1) is 72.5. The molecule has 0 aromatic rings. The number of esters is 6. The molecule has 4 fully saturated rings. The van der Waals surface area contributed by atoms with Crippen LogP contribution in [0.1, 0.15) is 201 Å². The Labute approximate surface area is 876 Å². The molecule has 21 atom stereocenters. The zero-order chi connectivity index (χ0) is 110. The molecule has 3 amide bonds. The molecule has 0 saturated carbocycles. The lowest BCUT2D eigenvalue weighted by atomic mass is 9.93. The highest BCUT2D eigenvalue weighted by Gasteiger charge is 2.53. The van der Waals surface area contributed by atoms with Crippen molar-refractivity contribution in [2.45, 2.75) is 329 Å². The van der Waals surface area contributed by atoms with Crippen molar-refractivity contribution in [3.63, 3.8) is 0 Å². The molecule has 4 rings (SSSR count). The molecule has 0 spiro atoms. The Balaban J connectivity index is 1.07. The Bertz CT molecular complexity index is 3330. The maximum atomic E-state index is 13.6. The second-order valence-corrected chi connectivity index (χ2v) is 36.5. The molecule has 0 radical (unpaired) electrons. The maximum absolute atomic E-state index is 13.6. The van der Waals surface area contributed by atoms with E-state index < -0.39 is 228 Å². The highest BCUT2D eigenvalue weighted by Crippen LogP contribution is 2.32. The number of aliphatic hydroxyl groups is 14. The van der Waals surface area contributed by atoms with Gasteiger partial charge >= 0.3 is 48.0 Å². The van der Waals surface area contributed by atoms with Gasteiger partial charge in [-0.1, -0.05) is 142 Å². The van der Waals surface area contributed by atoms with E-state index >= 15 is 0 Å². The number of rotatable bonds is 92. The number of hydrogen-bond acceptors (Lipinski definition) is 49. The van der Waals surface area contributed by atoms with E-state index in [2.05, 4.69) is 29.8 Å². The van der Waals surface area contributed by atoms with Crippen molar-refractivity contribution >= 4 is 53.9 Å². The van der Waals surface area contributed by atoms with E-state index in [1.54, 1.807) is 0 Å². The summed E-state index contributed by atoms with van der Waals surface area (Å²) in [6, 6.07) is 0. The first kappa shape index (κ1) is 136. The number of hydrogen-bond donors (Lipinski definition) is 17. The van der Waals surface area contributed by atoms with Crippen LogP contribution in [0.15, 0.2) is 0 Å². The minimum Gasteiger partial charge on any atom is -0.463 e. The molecule has 0 aromatic carbocycles. The second kappa shape index (κ2) is 85.7. The van der Waals surface area contributed by atoms with Crippen molar-refractivity contribution in [3.05, 3.63) is 0 Å². The number of nitrogens with one attached hydrogen (secondary N) is 3. The van der Waals surface area contributed by atoms with Crippen molar-refractivity contribution in [2.24, 2.45) is 5.41 Å². The summed E-state index contributed by atoms with van der Waals surface area (Å²) in [5.41, 5.74) is -1.73. The van der Waals surface area contributed by atoms with Gasteiger partial charge in [-0.25, -0.2) is 9.59 Å². The molecule has 150 heavy (non-hydrogen) atoms. The van der Waals surface area contributed by atoms with Gasteiger partial charge in [0.15, 0.2) is 31.3 Å². The topological polar surface area (TPSA) is 713 Å². The lowest BCUT2D eigenvalue weighted by Crippen LogP contribution is -2.63. The smallest absolute Gasteiger partial charge is 0.407 e. The van der Waals surface area contributed by atoms with E-state index in [-0.39, 0.29) is 237 Å². The van der Waals surface area contributed by atoms with Crippen LogP contribution < -0.4 is 16.0 Å². The van der Waals surface area contributed by atoms with Crippen LogP contribution in [-0.2, 0) is 157 Å². The molecule has 0 aromatic heterocycles. The van der Waals surface area contributed by atoms with Crippen LogP contribution in [0, 0.1) is 5.41 Å². The minimum atomic E-state index is -1.90. The van der Waals surface area contributed by atoms with Crippen molar-refractivity contribution in [1.29, 1.82) is 0 Å². The van der Waals surface area contributed by atoms with Crippen LogP contribution in [0.2, 0.25) is 0 Å². The van der Waals surface area contributed by atoms with Crippen LogP contribution in [0.5, 0.6) is 0 Å². The summed E-state index contributed by atoms with van der Waals surface area (Å²) in [4.78, 5) is 115. The molecule has 0 aliphatic carbocycles. The van der Waals surface area contributed by atoms with E-state index in [1.807, 2.05) is 0 Å². The molecule has 4 heterocycles. The van der Waals surface area contributed by atoms with Gasteiger partial charge in [0.25, 0.3) is 0 Å². The molecule has 17 N–H and O–H groups in total. The van der Waals surface area contributed by atoms with Gasteiger partial charge in [0, 0.05) is 38.9 Å². The predicted molar refractivity (Wildman–Crippen MR) is 518 cm³/mol. The van der Waals surface area contributed by atoms with Gasteiger partial charge in [0.05, 0.1) is 191 Å². The molecule has 52 heteroatoms. The third-order valence-electron chi connectivity index (χ3n) is 23.9. The second-order valence-electron chi connectivity index (χ2n) is 36.5. The summed E-state index contributed by atoms with van der Waals surface area (Å²) in [5.74, 6) is -4.41. The summed E-state index contributed by atoms with van der Waals surface area (Å²) in [6.45, 7) is 3.91. The number of ether oxygens (including phenoxy) is 26. The van der Waals surface area contributed by atoms with Crippen molar-refractivity contribution < 1.29 is 238 Å². The van der Waals surface area contributed by atoms with Crippen LogP contribution in [-0.4, -0.2) is 492 Å². The summed E-state index contributed by atoms with van der Waals surface area (Å²) in [6.07, 6.45) is -12.8. The number of unbranched alkanes of at least 4 members (excludes halogenated alkanes) is 20. The average molecular weight is 2180 g/mol. The van der Waals surface area contributed by atoms with Crippen LogP contribution >= 0.6 is 0 Å². The predicted octanol–water partition coefficient (Wildman–Crippen LogP) is -1.40. The van der Waals surface area contributed by atoms with Gasteiger partial charge in [0.1, 0.15) is 149 Å². The summed E-state index contributed by atoms with van der Waals surface area (Å²) >= 11 is 0. The van der Waals surface area contributed by atoms with Crippen molar-refractivity contribution in [2.75, 3.05) is 238 Å². The standard InChI is InChI=1S/C98H175N3O49/c1-4-6-8-10-12-14-16-18-20-22-24-26-74(105)138-62-68(144-78(109)27-25-23-21-19-17-15-13-11-9-7-5-2)63-139-75(106)29-28-73(104)99-32-37-127-42-47-132-54-55-135-56-57-136-58-59-137-95(122)98(3,66-142-96(123)100-33-38-128-43-48-133-52-50-130-45-40-125-35-30-76(107)140-64-71-81(112)85(116)89(120)93(147-71)149-91-87(118)83(114)79(110)69(60-102)145-91)67-143-97(124)101-34-39-129-44-49-134-53-51-131-46-41-126-36-31-77(108)141-65-72-82(113)86(117)90(121)94(148-72)150-92-88(119)84(115)80(111)70(61-103)146-92/h68-72,79-94,102-103,110-121H,4-67H2,1-3H3,(H,99,104)(H,100,123)(H,101,124)/t68?,69-,70-,71-,72-,79-,80-,81-,82-,83+,84+,85+,86+,87-,88-,89-,90-,91-,92-,93-,94-/m1/s1. The Kier molecular flexibility index (Phi) is 77.6. The van der Waals surface area contributed by atoms with Gasteiger partial charge in [0.2, 0.25) is 5.91 Å². The fraction of sp³-hybridized carbons (Fsp3) is 0.908. The monoisotopic (exact) mass is 2180 g/mol. The third kappa shape index (κ3) is 61.3. The normalized spacial score (nSPS) is 24.1. The van der Waals surface area contributed by atoms with Gasteiger partial charge in [-0.3, -0.25) is 33.6 Å². The van der Waals surface area contributed by atoms with E-state index in [4.69, 9.17) is 123 Å². The lowest BCUT2D eigenvalue weighted by molar-refractivity contribution is -0.376. The molecule has 876 valence electrons. The first-order valence-electron chi connectivity index (χ1n) is 52.8. The molecule has 4 aliphatic rings. The Hall–Kier alpha value is -6.45. The zero-order valence-corrected chi connectivity index (χ0v) is 87.4. The summed E-state index contributed by atoms with van der Waals surface area (Å²) in [5, 5.41) is 150. The quantitative estimate of drug-likeness (QED) is 0.0189. The van der Waals surface area contributed by atoms with Crippen LogP contribution in [0.25, 0.3) is 0 Å². The molecule has 4 saturated heterocycles. The van der Waals surface area contributed by atoms with E-state index in [0.29, 0.717) is 12.8 Å². The molecular weight excluding hydrogens is 2000 g/mol. The Morgan fingerprint density at radius 3 is 0.860 bits per heavy atom. The van der Waals surface area contributed by atoms with Gasteiger partial charge < -0.3 is 211 Å². The van der Waals surface area contributed by atoms with Gasteiger partial charge in [-0.15, -0.1) is 0 Å². The van der Waals surface area contributed by atoms with Crippen molar-refractivity contribution in [3.8, 4) is 0 Å². The summed E-state index contributed by atoms with van der Waals surface area (Å²) in [7, 11) is 0. The number of aliphatic hydroxyl groups excluding tert-OH is 14. The Morgan fingerprint density at radius 1 is 0.267 bits per heavy atom. The zero-order valence-electron chi connectivity index (χ0n) is 87.4. The van der Waals surface area contributed by atoms with Crippen LogP contribution in [0.3, 0.4) is 0 Å². The molecule has 0 bridgehead atoms. The van der Waals surface area contributed by atoms with E-state index in [9.17, 15) is 115 Å². The van der Waals surface area contributed by atoms with Crippen LogP contribution in [0.4, 0.5) is 9.59 Å². The largest absolute Gasteiger partial charge is 0.463 e. The summed E-state index contributed by atoms with van der Waals surface area (Å²) < 4.78 is 141. The molecule has 52 nitrogen and oxygen atoms in total. The first-order valence-corrected chi connectivity index (χ1v) is 52.8. The van der Waals surface area contributed by atoms with E-state index in [0.717, 1.165) is 38.5 Å². The van der Waals surface area contributed by atoms with Crippen molar-refractivity contribution in [1.82, 2.24) is 16.0 Å². The van der Waals surface area contributed by atoms with E-state index in [1.165, 1.54) is 96.8 Å². The average Bonchev–Trinajstić information content (AvgIpc) is 0.793. The SMILES string of the molecule is CCCCCCCCCCCCCC(=O)OCC(COC(=O)CCC(=O)NCCOCCOCCOCCOCCOC(=O)C(C)(COC(=O)NCCOCCOCCOCCOCCC(=O)OC[C@H]1O[C@H](O[C@H]2O[C@H](CO)[C@@H](O)[C@H](O)[C@H]2O)[C@H](O)[C@@H](O)[C@@H]1O)COC(=O)NCCOCCOCCOCCOCCC(=O)OC[C@H]1O[C@H](O[C@H]2O[C@H](CO)[C@@H](O)[C@H](O)[C@H]2O)[C@H](O)[C@@H](O)[C@@H]1O)OC(=O)CCCCCCCCCCCCC. The number of carbonyl (C=O) groups is 9. The molecular formula is C98H175N3O49. The lowest BCUT2D eigenvalue weighted by Gasteiger charge is -2.44. The highest BCUT2D eigenvalue weighted by atomic mass is 16.8. The van der Waals surface area contributed by atoms with Gasteiger partial charge in [-0.2, -0.15) is 0 Å². The number of alkyl carbamates (subject to hydrolysis) is 2. The highest BCUT2D eigenvalue weighted by molar-refractivity contribution is 5.81. The minimum absolute atomic E-state index is 0.0228. The maximum Gasteiger partial charge on any atom is 0.407 e. The third-order valence-corrected chi connectivity index (χ3v) is 23.9. The number of carbonyl (C=O) groups excluding carboxylic acids is 9. The fourth-order valence-electron chi connectivity index (χ4n) is 14.9.